The minimum absolute atomic E-state index is 0.102. The van der Waals surface area contributed by atoms with Crippen molar-refractivity contribution in [2.45, 2.75) is 5.16 Å². The summed E-state index contributed by atoms with van der Waals surface area (Å²) in [5.74, 6) is 0.448. The Hall–Kier alpha value is -2.87. The average Bonchev–Trinajstić information content (AvgIpc) is 2.56. The fourth-order valence-electron chi connectivity index (χ4n) is 1.55. The standard InChI is InChI=1S/C10H9N3O.C5H6N2OS/c14-9-6-7-11-10(13-9)12-8-4-2-1-3-5-8;1-9-5-6-3-2-4(8)7-5/h1-7H,(H2,11,12,13,14);2-3H,1H3,(H,6,7,8). The van der Waals surface area contributed by atoms with E-state index in [1.807, 2.05) is 36.6 Å². The van der Waals surface area contributed by atoms with Crippen LogP contribution in [0.2, 0.25) is 0 Å². The van der Waals surface area contributed by atoms with Crippen molar-refractivity contribution in [1.82, 2.24) is 19.9 Å². The molecule has 0 saturated heterocycles. The van der Waals surface area contributed by atoms with E-state index in [4.69, 9.17) is 0 Å². The first kappa shape index (κ1) is 16.5. The molecule has 0 bridgehead atoms. The number of H-pyrrole nitrogens is 2. The Labute approximate surface area is 136 Å². The molecule has 8 heteroatoms. The van der Waals surface area contributed by atoms with E-state index in [2.05, 4.69) is 25.3 Å². The van der Waals surface area contributed by atoms with Gasteiger partial charge in [0.15, 0.2) is 5.16 Å². The van der Waals surface area contributed by atoms with Gasteiger partial charge in [0, 0.05) is 30.2 Å². The quantitative estimate of drug-likeness (QED) is 0.501. The molecule has 0 amide bonds. The first-order chi connectivity index (χ1) is 11.2. The zero-order valence-electron chi connectivity index (χ0n) is 12.3. The van der Waals surface area contributed by atoms with Gasteiger partial charge in [0.2, 0.25) is 5.95 Å². The van der Waals surface area contributed by atoms with E-state index in [-0.39, 0.29) is 11.1 Å². The molecule has 0 atom stereocenters. The van der Waals surface area contributed by atoms with Gasteiger partial charge >= 0.3 is 0 Å². The molecule has 0 aliphatic rings. The maximum atomic E-state index is 10.9. The molecule has 0 unspecified atom stereocenters. The van der Waals surface area contributed by atoms with Crippen molar-refractivity contribution in [2.75, 3.05) is 11.6 Å². The van der Waals surface area contributed by atoms with Gasteiger partial charge in [-0.05, 0) is 18.4 Å². The van der Waals surface area contributed by atoms with E-state index >= 15 is 0 Å². The van der Waals surface area contributed by atoms with Crippen LogP contribution in [0.4, 0.5) is 11.6 Å². The molecule has 0 saturated carbocycles. The largest absolute Gasteiger partial charge is 0.326 e. The van der Waals surface area contributed by atoms with E-state index < -0.39 is 0 Å². The van der Waals surface area contributed by atoms with Crippen molar-refractivity contribution in [2.24, 2.45) is 0 Å². The Morgan fingerprint density at radius 2 is 1.57 bits per heavy atom. The van der Waals surface area contributed by atoms with Gasteiger partial charge in [-0.15, -0.1) is 0 Å². The highest BCUT2D eigenvalue weighted by Crippen LogP contribution is 2.09. The molecule has 1 aromatic carbocycles. The van der Waals surface area contributed by atoms with Crippen LogP contribution in [-0.2, 0) is 0 Å². The molecule has 3 N–H and O–H groups in total. The highest BCUT2D eigenvalue weighted by molar-refractivity contribution is 7.98. The maximum absolute atomic E-state index is 10.9. The van der Waals surface area contributed by atoms with Crippen LogP contribution in [-0.4, -0.2) is 26.2 Å². The fraction of sp³-hybridized carbons (Fsp3) is 0.0667. The molecule has 2 aromatic heterocycles. The normalized spacial score (nSPS) is 9.61. The first-order valence-corrected chi connectivity index (χ1v) is 7.86. The summed E-state index contributed by atoms with van der Waals surface area (Å²) >= 11 is 1.42. The van der Waals surface area contributed by atoms with Crippen LogP contribution in [0.1, 0.15) is 0 Å². The average molecular weight is 329 g/mol. The number of aromatic amines is 2. The predicted octanol–water partition coefficient (Wildman–Crippen LogP) is 2.01. The Bertz CT molecular complexity index is 848. The lowest BCUT2D eigenvalue weighted by atomic mass is 10.3. The SMILES string of the molecule is CSc1nccc(=O)[nH]1.O=c1ccnc(Nc2ccccc2)[nH]1. The van der Waals surface area contributed by atoms with E-state index in [1.165, 1.54) is 36.3 Å². The zero-order valence-corrected chi connectivity index (χ0v) is 13.1. The van der Waals surface area contributed by atoms with Gasteiger partial charge in [-0.25, -0.2) is 9.97 Å². The van der Waals surface area contributed by atoms with Crippen LogP contribution in [0.3, 0.4) is 0 Å². The Morgan fingerprint density at radius 1 is 0.913 bits per heavy atom. The molecular formula is C15H15N5O2S. The van der Waals surface area contributed by atoms with Crippen molar-refractivity contribution >= 4 is 23.4 Å². The van der Waals surface area contributed by atoms with Crippen LogP contribution in [0, 0.1) is 0 Å². The minimum atomic E-state index is -0.168. The number of para-hydroxylation sites is 1. The predicted molar refractivity (Wildman–Crippen MR) is 91.2 cm³/mol. The molecule has 23 heavy (non-hydrogen) atoms. The smallest absolute Gasteiger partial charge is 0.252 e. The number of nitrogens with one attached hydrogen (secondary N) is 3. The van der Waals surface area contributed by atoms with Crippen molar-refractivity contribution < 1.29 is 0 Å². The van der Waals surface area contributed by atoms with E-state index in [9.17, 15) is 9.59 Å². The molecule has 3 aromatic rings. The third kappa shape index (κ3) is 5.79. The fourth-order valence-corrected chi connectivity index (χ4v) is 1.92. The minimum Gasteiger partial charge on any atom is -0.326 e. The van der Waals surface area contributed by atoms with Gasteiger partial charge in [-0.3, -0.25) is 14.6 Å². The van der Waals surface area contributed by atoms with E-state index in [0.29, 0.717) is 11.1 Å². The number of nitrogens with zero attached hydrogens (tertiary/aromatic N) is 2. The van der Waals surface area contributed by atoms with Gasteiger partial charge in [-0.1, -0.05) is 30.0 Å². The molecular weight excluding hydrogens is 314 g/mol. The summed E-state index contributed by atoms with van der Waals surface area (Å²) < 4.78 is 0. The summed E-state index contributed by atoms with van der Waals surface area (Å²) in [7, 11) is 0. The number of anilines is 2. The molecule has 0 spiro atoms. The van der Waals surface area contributed by atoms with Crippen molar-refractivity contribution in [1.29, 1.82) is 0 Å². The summed E-state index contributed by atoms with van der Waals surface area (Å²) in [5, 5.41) is 3.63. The Kier molecular flexibility index (Phi) is 6.13. The summed E-state index contributed by atoms with van der Waals surface area (Å²) in [5.41, 5.74) is 0.620. The van der Waals surface area contributed by atoms with Crippen LogP contribution in [0.25, 0.3) is 0 Å². The van der Waals surface area contributed by atoms with Gasteiger partial charge in [-0.2, -0.15) is 0 Å². The number of hydrogen-bond donors (Lipinski definition) is 3. The van der Waals surface area contributed by atoms with Crippen LogP contribution in [0.5, 0.6) is 0 Å². The first-order valence-electron chi connectivity index (χ1n) is 6.64. The van der Waals surface area contributed by atoms with Crippen molar-refractivity contribution in [3.63, 3.8) is 0 Å². The third-order valence-electron chi connectivity index (χ3n) is 2.55. The molecule has 3 rings (SSSR count). The van der Waals surface area contributed by atoms with Crippen LogP contribution < -0.4 is 16.4 Å². The molecule has 0 aliphatic heterocycles. The maximum Gasteiger partial charge on any atom is 0.252 e. The third-order valence-corrected chi connectivity index (χ3v) is 3.14. The second-order valence-electron chi connectivity index (χ2n) is 4.22. The molecule has 2 heterocycles. The lowest BCUT2D eigenvalue weighted by Crippen LogP contribution is -2.07. The van der Waals surface area contributed by atoms with Gasteiger partial charge < -0.3 is 10.3 Å². The highest BCUT2D eigenvalue weighted by Gasteiger charge is 1.94. The molecule has 7 nitrogen and oxygen atoms in total. The lowest BCUT2D eigenvalue weighted by molar-refractivity contribution is 0.940. The van der Waals surface area contributed by atoms with Crippen LogP contribution in [0.15, 0.2) is 69.6 Å². The summed E-state index contributed by atoms with van der Waals surface area (Å²) in [6, 6.07) is 12.3. The number of hydrogen-bond acceptors (Lipinski definition) is 6. The van der Waals surface area contributed by atoms with Crippen LogP contribution >= 0.6 is 11.8 Å². The van der Waals surface area contributed by atoms with Crippen molar-refractivity contribution in [3.05, 3.63) is 75.6 Å². The lowest BCUT2D eigenvalue weighted by Gasteiger charge is -2.02. The van der Waals surface area contributed by atoms with E-state index in [1.54, 1.807) is 0 Å². The molecule has 0 fully saturated rings. The Morgan fingerprint density at radius 3 is 2.13 bits per heavy atom. The number of thioether (sulfide) groups is 1. The van der Waals surface area contributed by atoms with Gasteiger partial charge in [0.1, 0.15) is 0 Å². The van der Waals surface area contributed by atoms with Gasteiger partial charge in [0.05, 0.1) is 0 Å². The second-order valence-corrected chi connectivity index (χ2v) is 5.01. The van der Waals surface area contributed by atoms with Crippen molar-refractivity contribution in [3.8, 4) is 0 Å². The summed E-state index contributed by atoms with van der Waals surface area (Å²) in [4.78, 5) is 34.5. The number of rotatable bonds is 3. The molecule has 118 valence electrons. The monoisotopic (exact) mass is 329 g/mol. The topological polar surface area (TPSA) is 104 Å². The Balaban J connectivity index is 0.000000185. The zero-order chi connectivity index (χ0) is 16.5. The summed E-state index contributed by atoms with van der Waals surface area (Å²) in [6.45, 7) is 0. The molecule has 0 aliphatic carbocycles. The second kappa shape index (κ2) is 8.54. The number of aromatic nitrogens is 4. The summed E-state index contributed by atoms with van der Waals surface area (Å²) in [6.07, 6.45) is 4.81. The van der Waals surface area contributed by atoms with E-state index in [0.717, 1.165) is 5.69 Å². The molecule has 0 radical (unpaired) electrons. The highest BCUT2D eigenvalue weighted by atomic mass is 32.2. The number of benzene rings is 1. The van der Waals surface area contributed by atoms with Gasteiger partial charge in [0.25, 0.3) is 11.1 Å².